The van der Waals surface area contributed by atoms with Crippen molar-refractivity contribution in [2.75, 3.05) is 32.8 Å². The van der Waals surface area contributed by atoms with E-state index >= 15 is 0 Å². The van der Waals surface area contributed by atoms with E-state index in [0.717, 1.165) is 13.1 Å². The molecule has 2 aliphatic heterocycles. The van der Waals surface area contributed by atoms with Gasteiger partial charge in [0.2, 0.25) is 0 Å². The third kappa shape index (κ3) is 2.57. The lowest BCUT2D eigenvalue weighted by molar-refractivity contribution is 0.110. The number of aliphatic hydroxyl groups is 1. The lowest BCUT2D eigenvalue weighted by Crippen LogP contribution is -2.51. The molecule has 4 nitrogen and oxygen atoms in total. The molecule has 3 aliphatic rings. The van der Waals surface area contributed by atoms with Gasteiger partial charge in [0.1, 0.15) is 0 Å². The van der Waals surface area contributed by atoms with Crippen molar-refractivity contribution in [1.29, 1.82) is 0 Å². The molecule has 18 heavy (non-hydrogen) atoms. The van der Waals surface area contributed by atoms with Gasteiger partial charge >= 0.3 is 0 Å². The average Bonchev–Trinajstić information content (AvgIpc) is 2.90. The summed E-state index contributed by atoms with van der Waals surface area (Å²) >= 11 is 0. The van der Waals surface area contributed by atoms with E-state index < -0.39 is 0 Å². The summed E-state index contributed by atoms with van der Waals surface area (Å²) in [6.07, 6.45) is 6.51. The molecule has 2 saturated heterocycles. The van der Waals surface area contributed by atoms with Crippen LogP contribution in [0, 0.1) is 5.92 Å². The Morgan fingerprint density at radius 3 is 2.44 bits per heavy atom. The quantitative estimate of drug-likeness (QED) is 0.738. The molecule has 0 spiro atoms. The number of nitrogens with two attached hydrogens (primary N) is 1. The van der Waals surface area contributed by atoms with Crippen molar-refractivity contribution in [1.82, 2.24) is 9.80 Å². The van der Waals surface area contributed by atoms with E-state index in [9.17, 15) is 5.11 Å². The van der Waals surface area contributed by atoms with Gasteiger partial charge in [-0.15, -0.1) is 0 Å². The van der Waals surface area contributed by atoms with Crippen LogP contribution in [0.5, 0.6) is 0 Å². The topological polar surface area (TPSA) is 52.7 Å². The highest BCUT2D eigenvalue weighted by Crippen LogP contribution is 2.35. The zero-order valence-corrected chi connectivity index (χ0v) is 11.3. The monoisotopic (exact) mass is 253 g/mol. The fourth-order valence-electron chi connectivity index (χ4n) is 3.75. The Morgan fingerprint density at radius 2 is 1.83 bits per heavy atom. The number of likely N-dealkylation sites (tertiary alicyclic amines) is 2. The highest BCUT2D eigenvalue weighted by atomic mass is 16.3. The molecule has 3 unspecified atom stereocenters. The maximum absolute atomic E-state index is 9.65. The normalized spacial score (nSPS) is 34.0. The first-order chi connectivity index (χ1) is 8.79. The first-order valence-corrected chi connectivity index (χ1v) is 7.64. The van der Waals surface area contributed by atoms with Gasteiger partial charge in [-0.05, 0) is 51.1 Å². The van der Waals surface area contributed by atoms with E-state index in [0.29, 0.717) is 12.0 Å². The van der Waals surface area contributed by atoms with E-state index in [-0.39, 0.29) is 18.7 Å². The predicted octanol–water partition coefficient (Wildman–Crippen LogP) is 0.255. The molecule has 2 heterocycles. The molecule has 1 aliphatic carbocycles. The van der Waals surface area contributed by atoms with Gasteiger partial charge in [-0.3, -0.25) is 9.80 Å². The van der Waals surface area contributed by atoms with Crippen LogP contribution in [-0.2, 0) is 0 Å². The second-order valence-electron chi connectivity index (χ2n) is 6.35. The summed E-state index contributed by atoms with van der Waals surface area (Å²) in [7, 11) is 0. The van der Waals surface area contributed by atoms with Crippen molar-refractivity contribution in [2.45, 2.75) is 50.2 Å². The number of hydrogen-bond acceptors (Lipinski definition) is 4. The van der Waals surface area contributed by atoms with Crippen LogP contribution in [0.2, 0.25) is 0 Å². The summed E-state index contributed by atoms with van der Waals surface area (Å²) in [4.78, 5) is 5.09. The minimum absolute atomic E-state index is 0.187. The largest absolute Gasteiger partial charge is 0.395 e. The maximum Gasteiger partial charge on any atom is 0.0602 e. The van der Waals surface area contributed by atoms with Crippen molar-refractivity contribution in [3.63, 3.8) is 0 Å². The Morgan fingerprint density at radius 1 is 1.11 bits per heavy atom. The number of aliphatic hydroxyl groups excluding tert-OH is 1. The molecule has 0 aromatic heterocycles. The molecule has 104 valence electrons. The minimum Gasteiger partial charge on any atom is -0.395 e. The van der Waals surface area contributed by atoms with Gasteiger partial charge < -0.3 is 10.8 Å². The van der Waals surface area contributed by atoms with Crippen LogP contribution >= 0.6 is 0 Å². The van der Waals surface area contributed by atoms with Crippen LogP contribution in [0.1, 0.15) is 32.1 Å². The standard InChI is InChI=1S/C14H27N3O/c15-14(11-3-4-11)13(10-18)17-8-5-12(9-17)16-6-1-2-7-16/h11-14,18H,1-10,15H2. The van der Waals surface area contributed by atoms with E-state index in [1.807, 2.05) is 0 Å². The van der Waals surface area contributed by atoms with E-state index in [4.69, 9.17) is 5.73 Å². The Kier molecular flexibility index (Phi) is 3.89. The Hall–Kier alpha value is -0.160. The number of hydrogen-bond donors (Lipinski definition) is 2. The summed E-state index contributed by atoms with van der Waals surface area (Å²) in [5.74, 6) is 0.674. The second kappa shape index (κ2) is 5.45. The molecular weight excluding hydrogens is 226 g/mol. The highest BCUT2D eigenvalue weighted by Gasteiger charge is 2.39. The lowest BCUT2D eigenvalue weighted by Gasteiger charge is -2.32. The maximum atomic E-state index is 9.65. The summed E-state index contributed by atoms with van der Waals surface area (Å²) in [5.41, 5.74) is 6.30. The van der Waals surface area contributed by atoms with Crippen molar-refractivity contribution < 1.29 is 5.11 Å². The van der Waals surface area contributed by atoms with Crippen LogP contribution in [0.25, 0.3) is 0 Å². The van der Waals surface area contributed by atoms with Gasteiger partial charge in [-0.1, -0.05) is 0 Å². The molecule has 0 radical (unpaired) electrons. The van der Waals surface area contributed by atoms with Gasteiger partial charge in [0.15, 0.2) is 0 Å². The molecule has 3 atom stereocenters. The molecule has 4 heteroatoms. The Balaban J connectivity index is 1.55. The van der Waals surface area contributed by atoms with Crippen molar-refractivity contribution >= 4 is 0 Å². The SMILES string of the molecule is NC(C1CC1)C(CO)N1CCC(N2CCCC2)C1. The third-order valence-corrected chi connectivity index (χ3v) is 5.12. The van der Waals surface area contributed by atoms with Gasteiger partial charge in [-0.25, -0.2) is 0 Å². The predicted molar refractivity (Wildman–Crippen MR) is 72.4 cm³/mol. The van der Waals surface area contributed by atoms with Gasteiger partial charge in [0, 0.05) is 31.2 Å². The molecule has 3 N–H and O–H groups in total. The lowest BCUT2D eigenvalue weighted by atomic mass is 10.0. The van der Waals surface area contributed by atoms with Gasteiger partial charge in [-0.2, -0.15) is 0 Å². The Bertz CT molecular complexity index is 276. The number of rotatable bonds is 5. The minimum atomic E-state index is 0.187. The molecule has 3 rings (SSSR count). The zero-order chi connectivity index (χ0) is 12.5. The summed E-state index contributed by atoms with van der Waals surface area (Å²) in [6, 6.07) is 1.10. The van der Waals surface area contributed by atoms with Crippen LogP contribution < -0.4 is 5.73 Å². The second-order valence-corrected chi connectivity index (χ2v) is 6.35. The van der Waals surface area contributed by atoms with Crippen LogP contribution in [-0.4, -0.2) is 65.8 Å². The summed E-state index contributed by atoms with van der Waals surface area (Å²) in [6.45, 7) is 5.01. The highest BCUT2D eigenvalue weighted by molar-refractivity contribution is 4.97. The van der Waals surface area contributed by atoms with Crippen LogP contribution in [0.15, 0.2) is 0 Å². The average molecular weight is 253 g/mol. The van der Waals surface area contributed by atoms with E-state index in [1.165, 1.54) is 45.2 Å². The summed E-state index contributed by atoms with van der Waals surface area (Å²) < 4.78 is 0. The first-order valence-electron chi connectivity index (χ1n) is 7.64. The van der Waals surface area contributed by atoms with Gasteiger partial charge in [0.25, 0.3) is 0 Å². The van der Waals surface area contributed by atoms with Crippen molar-refractivity contribution in [3.05, 3.63) is 0 Å². The third-order valence-electron chi connectivity index (χ3n) is 5.12. The molecule has 0 aromatic rings. The smallest absolute Gasteiger partial charge is 0.0602 e. The van der Waals surface area contributed by atoms with E-state index in [1.54, 1.807) is 0 Å². The molecule has 1 saturated carbocycles. The molecular formula is C14H27N3O. The van der Waals surface area contributed by atoms with Crippen molar-refractivity contribution in [2.24, 2.45) is 11.7 Å². The van der Waals surface area contributed by atoms with Crippen LogP contribution in [0.4, 0.5) is 0 Å². The molecule has 0 bridgehead atoms. The van der Waals surface area contributed by atoms with Gasteiger partial charge in [0.05, 0.1) is 6.61 Å². The first kappa shape index (κ1) is 12.9. The Labute approximate surface area is 110 Å². The summed E-state index contributed by atoms with van der Waals surface area (Å²) in [5, 5.41) is 9.65. The van der Waals surface area contributed by atoms with Crippen molar-refractivity contribution in [3.8, 4) is 0 Å². The van der Waals surface area contributed by atoms with E-state index in [2.05, 4.69) is 9.80 Å². The molecule has 3 fully saturated rings. The molecule has 0 amide bonds. The fraction of sp³-hybridized carbons (Fsp3) is 1.00. The van der Waals surface area contributed by atoms with Crippen LogP contribution in [0.3, 0.4) is 0 Å². The number of nitrogens with zero attached hydrogens (tertiary/aromatic N) is 2. The fourth-order valence-corrected chi connectivity index (χ4v) is 3.75. The molecule has 0 aromatic carbocycles. The zero-order valence-electron chi connectivity index (χ0n) is 11.3.